The molecule has 3 rings (SSSR count). The third-order valence-electron chi connectivity index (χ3n) is 5.42. The van der Waals surface area contributed by atoms with Crippen molar-refractivity contribution in [3.05, 3.63) is 48.5 Å². The zero-order valence-corrected chi connectivity index (χ0v) is 18.7. The zero-order valence-electron chi connectivity index (χ0n) is 17.0. The molecule has 0 bridgehead atoms. The fourth-order valence-corrected chi connectivity index (χ4v) is 9.57. The summed E-state index contributed by atoms with van der Waals surface area (Å²) < 4.78 is 14.2. The molecule has 1 aliphatic heterocycles. The van der Waals surface area contributed by atoms with Crippen LogP contribution in [0.15, 0.2) is 53.4 Å². The number of hydrogen-bond donors (Lipinski definition) is 1. The molecule has 150 valence electrons. The molecule has 2 aromatic rings. The second kappa shape index (κ2) is 8.57. The molecule has 1 heterocycles. The molecule has 0 radical (unpaired) electrons. The number of carbonyl (C=O) groups is 1. The summed E-state index contributed by atoms with van der Waals surface area (Å²) in [5.74, 6) is -0.399. The first-order chi connectivity index (χ1) is 13.2. The van der Waals surface area contributed by atoms with Gasteiger partial charge in [0.05, 0.1) is 6.10 Å². The van der Waals surface area contributed by atoms with Gasteiger partial charge in [0.2, 0.25) is 0 Å². The Labute approximate surface area is 172 Å². The monoisotopic (exact) mass is 416 g/mol. The minimum Gasteiger partial charge on any atom is -0.393 e. The van der Waals surface area contributed by atoms with Crippen LogP contribution >= 0.6 is 17.7 Å². The quantitative estimate of drug-likeness (QED) is 0.596. The predicted octanol–water partition coefficient (Wildman–Crippen LogP) is 5.61. The van der Waals surface area contributed by atoms with Gasteiger partial charge in [0.1, 0.15) is 5.78 Å². The van der Waals surface area contributed by atoms with Gasteiger partial charge >= 0.3 is 0 Å². The summed E-state index contributed by atoms with van der Waals surface area (Å²) in [5.41, 5.74) is 2.10. The first kappa shape index (κ1) is 21.4. The molecule has 0 saturated carbocycles. The average Bonchev–Trinajstić information content (AvgIpc) is 2.67. The maximum atomic E-state index is 14.2. The van der Waals surface area contributed by atoms with Crippen molar-refractivity contribution >= 4 is 28.8 Å². The van der Waals surface area contributed by atoms with Gasteiger partial charge in [0.15, 0.2) is 6.34 Å². The number of carbonyl (C=O) groups excluding carboxylic acids is 1. The van der Waals surface area contributed by atoms with Crippen molar-refractivity contribution in [2.45, 2.75) is 45.1 Å². The lowest BCUT2D eigenvalue weighted by Crippen LogP contribution is -2.31. The van der Waals surface area contributed by atoms with Crippen LogP contribution in [0.5, 0.6) is 0 Å². The van der Waals surface area contributed by atoms with E-state index in [2.05, 4.69) is 6.07 Å². The van der Waals surface area contributed by atoms with Crippen molar-refractivity contribution < 1.29 is 14.5 Å². The lowest BCUT2D eigenvalue weighted by molar-refractivity contribution is -0.126. The van der Waals surface area contributed by atoms with Gasteiger partial charge in [-0.3, -0.25) is 4.79 Å². The number of aliphatic hydroxyl groups excluding tert-OH is 1. The molecule has 0 fully saturated rings. The lowest BCUT2D eigenvalue weighted by atomic mass is 9.89. The molecule has 28 heavy (non-hydrogen) atoms. The van der Waals surface area contributed by atoms with E-state index in [4.69, 9.17) is 0 Å². The van der Waals surface area contributed by atoms with E-state index in [9.17, 15) is 14.5 Å². The van der Waals surface area contributed by atoms with Gasteiger partial charge in [-0.2, -0.15) is 0 Å². The van der Waals surface area contributed by atoms with Crippen molar-refractivity contribution in [2.75, 3.05) is 6.16 Å². The number of benzene rings is 2. The Hall–Kier alpha value is -1.35. The van der Waals surface area contributed by atoms with Gasteiger partial charge in [0.25, 0.3) is 0 Å². The fraction of sp³-hybridized carbons (Fsp3) is 0.435. The molecule has 0 saturated heterocycles. The van der Waals surface area contributed by atoms with Gasteiger partial charge in [-0.15, -0.1) is 0 Å². The van der Waals surface area contributed by atoms with Crippen molar-refractivity contribution in [1.29, 1.82) is 0 Å². The molecular formula is C23H29O3PS. The van der Waals surface area contributed by atoms with Gasteiger partial charge in [-0.05, 0) is 29.5 Å². The van der Waals surface area contributed by atoms with E-state index in [0.717, 1.165) is 21.3 Å². The topological polar surface area (TPSA) is 54.4 Å². The summed E-state index contributed by atoms with van der Waals surface area (Å²) in [6.07, 6.45) is -2.80. The first-order valence-corrected chi connectivity index (χ1v) is 13.2. The Morgan fingerprint density at radius 2 is 1.61 bits per heavy atom. The fourth-order valence-electron chi connectivity index (χ4n) is 3.72. The summed E-state index contributed by atoms with van der Waals surface area (Å²) >= 11 is 1.42. The lowest BCUT2D eigenvalue weighted by Gasteiger charge is -2.31. The SMILES string of the molecule is CC(C)C(=O)C(CC(O)C(C)C)CP1(=O)Sc2ccccc2-c2ccccc21. The Bertz CT molecular complexity index is 906. The average molecular weight is 417 g/mol. The third-order valence-corrected chi connectivity index (χ3v) is 10.8. The number of aliphatic hydroxyl groups is 1. The van der Waals surface area contributed by atoms with Crippen LogP contribution in [0, 0.1) is 17.8 Å². The van der Waals surface area contributed by atoms with Gasteiger partial charge in [-0.1, -0.05) is 81.5 Å². The number of Topliss-reactive ketones (excluding diaryl/α,β-unsaturated/α-hetero) is 1. The molecule has 0 aromatic heterocycles. The first-order valence-electron chi connectivity index (χ1n) is 9.92. The van der Waals surface area contributed by atoms with Crippen LogP contribution in [0.25, 0.3) is 11.1 Å². The summed E-state index contributed by atoms with van der Waals surface area (Å²) in [4.78, 5) is 13.9. The molecule has 3 nitrogen and oxygen atoms in total. The standard InChI is InChI=1S/C23H29O3PS/c1-15(2)20(24)13-17(23(25)16(3)4)14-27(26)21-11-7-5-9-18(21)19-10-6-8-12-22(19)28-27/h5-12,15-17,20,24H,13-14H2,1-4H3. The molecule has 0 aliphatic carbocycles. The number of hydrogen-bond acceptors (Lipinski definition) is 4. The molecule has 3 unspecified atom stereocenters. The Morgan fingerprint density at radius 1 is 1.00 bits per heavy atom. The van der Waals surface area contributed by atoms with Crippen molar-refractivity contribution in [2.24, 2.45) is 17.8 Å². The van der Waals surface area contributed by atoms with E-state index in [0.29, 0.717) is 12.6 Å². The number of rotatable bonds is 7. The maximum absolute atomic E-state index is 14.2. The Kier molecular flexibility index (Phi) is 6.54. The van der Waals surface area contributed by atoms with Crippen molar-refractivity contribution in [3.63, 3.8) is 0 Å². The summed E-state index contributed by atoms with van der Waals surface area (Å²) in [5, 5.41) is 11.3. The van der Waals surface area contributed by atoms with Crippen LogP contribution in [0.4, 0.5) is 0 Å². The second-order valence-electron chi connectivity index (χ2n) is 8.26. The summed E-state index contributed by atoms with van der Waals surface area (Å²) in [7, 11) is 0. The summed E-state index contributed by atoms with van der Waals surface area (Å²) in [6, 6.07) is 15.9. The van der Waals surface area contributed by atoms with Crippen molar-refractivity contribution in [3.8, 4) is 11.1 Å². The van der Waals surface area contributed by atoms with Crippen LogP contribution in [0.2, 0.25) is 0 Å². The maximum Gasteiger partial charge on any atom is 0.172 e. The summed E-state index contributed by atoms with van der Waals surface area (Å²) in [6.45, 7) is 7.66. The van der Waals surface area contributed by atoms with Gasteiger partial charge in [0, 0.05) is 28.2 Å². The van der Waals surface area contributed by atoms with E-state index in [-0.39, 0.29) is 17.6 Å². The smallest absolute Gasteiger partial charge is 0.172 e. The van der Waals surface area contributed by atoms with E-state index in [1.54, 1.807) is 0 Å². The number of fused-ring (bicyclic) bond motifs is 3. The van der Waals surface area contributed by atoms with Gasteiger partial charge < -0.3 is 9.67 Å². The van der Waals surface area contributed by atoms with Crippen LogP contribution in [-0.2, 0) is 9.36 Å². The van der Waals surface area contributed by atoms with Crippen molar-refractivity contribution in [1.82, 2.24) is 0 Å². The molecule has 1 N–H and O–H groups in total. The minimum absolute atomic E-state index is 0.0652. The normalized spacial score (nSPS) is 20.5. The number of ketones is 1. The van der Waals surface area contributed by atoms with Gasteiger partial charge in [-0.25, -0.2) is 0 Å². The Morgan fingerprint density at radius 3 is 2.25 bits per heavy atom. The van der Waals surface area contributed by atoms with Crippen LogP contribution in [-0.4, -0.2) is 23.2 Å². The third kappa shape index (κ3) is 4.30. The predicted molar refractivity (Wildman–Crippen MR) is 119 cm³/mol. The zero-order chi connectivity index (χ0) is 20.5. The molecule has 2 aromatic carbocycles. The molecule has 5 heteroatoms. The highest BCUT2D eigenvalue weighted by molar-refractivity contribution is 8.60. The molecule has 0 amide bonds. The Balaban J connectivity index is 2.01. The minimum atomic E-state index is -2.89. The van der Waals surface area contributed by atoms with Crippen LogP contribution < -0.4 is 5.30 Å². The van der Waals surface area contributed by atoms with E-state index < -0.39 is 18.4 Å². The van der Waals surface area contributed by atoms with Crippen LogP contribution in [0.3, 0.4) is 0 Å². The highest BCUT2D eigenvalue weighted by atomic mass is 32.7. The second-order valence-corrected chi connectivity index (χ2v) is 13.4. The molecule has 1 aliphatic rings. The van der Waals surface area contributed by atoms with E-state index >= 15 is 0 Å². The highest BCUT2D eigenvalue weighted by Crippen LogP contribution is 2.67. The molecular weight excluding hydrogens is 387 g/mol. The highest BCUT2D eigenvalue weighted by Gasteiger charge is 2.39. The molecule has 3 atom stereocenters. The van der Waals surface area contributed by atoms with E-state index in [1.807, 2.05) is 70.2 Å². The van der Waals surface area contributed by atoms with Crippen LogP contribution in [0.1, 0.15) is 34.1 Å². The largest absolute Gasteiger partial charge is 0.393 e. The van der Waals surface area contributed by atoms with E-state index in [1.165, 1.54) is 11.4 Å². The molecule has 0 spiro atoms.